The summed E-state index contributed by atoms with van der Waals surface area (Å²) in [6.45, 7) is 4.01. The Balaban J connectivity index is 1.88. The number of furan rings is 1. The van der Waals surface area contributed by atoms with Crippen LogP contribution in [0.2, 0.25) is 0 Å². The summed E-state index contributed by atoms with van der Waals surface area (Å²) in [5.41, 5.74) is 0.721. The van der Waals surface area contributed by atoms with Gasteiger partial charge in [0, 0.05) is 6.04 Å². The summed E-state index contributed by atoms with van der Waals surface area (Å²) in [6.07, 6.45) is -0.0821. The summed E-state index contributed by atoms with van der Waals surface area (Å²) in [7, 11) is 0. The number of hydrogen-bond acceptors (Lipinski definition) is 3. The van der Waals surface area contributed by atoms with Crippen molar-refractivity contribution in [2.75, 3.05) is 0 Å². The molecule has 2 rings (SSSR count). The van der Waals surface area contributed by atoms with Gasteiger partial charge in [-0.3, -0.25) is 0 Å². The van der Waals surface area contributed by atoms with E-state index < -0.39 is 6.10 Å². The van der Waals surface area contributed by atoms with E-state index in [0.29, 0.717) is 11.1 Å². The Morgan fingerprint density at radius 2 is 1.86 bits per heavy atom. The predicted octanol–water partition coefficient (Wildman–Crippen LogP) is 4.34. The number of rotatable bonds is 6. The monoisotopic (exact) mass is 355 g/mol. The molecule has 2 aromatic rings. The van der Waals surface area contributed by atoms with Crippen molar-refractivity contribution in [3.8, 4) is 0 Å². The second-order valence-corrected chi connectivity index (χ2v) is 6.02. The molecule has 0 aliphatic heterocycles. The fourth-order valence-electron chi connectivity index (χ4n) is 2.29. The van der Waals surface area contributed by atoms with Crippen molar-refractivity contribution in [1.82, 2.24) is 5.32 Å². The molecule has 0 spiro atoms. The molecule has 0 amide bonds. The average molecular weight is 356 g/mol. The molecule has 0 bridgehead atoms. The number of nitrogens with one attached hydrogen (secondary N) is 1. The highest BCUT2D eigenvalue weighted by Gasteiger charge is 2.16. The molecule has 0 aliphatic rings. The zero-order valence-electron chi connectivity index (χ0n) is 12.0. The van der Waals surface area contributed by atoms with Crippen LogP contribution in [0.3, 0.4) is 0 Å². The molecule has 0 aliphatic carbocycles. The fraction of sp³-hybridized carbons (Fsp3) is 0.375. The first-order valence-electron chi connectivity index (χ1n) is 6.90. The molecule has 1 aromatic carbocycles. The Kier molecular flexibility index (Phi) is 5.56. The topological polar surface area (TPSA) is 45.4 Å². The van der Waals surface area contributed by atoms with Crippen molar-refractivity contribution in [3.63, 3.8) is 0 Å². The third-order valence-electron chi connectivity index (χ3n) is 3.39. The minimum Gasteiger partial charge on any atom is -0.453 e. The van der Waals surface area contributed by atoms with Crippen molar-refractivity contribution < 1.29 is 13.9 Å². The van der Waals surface area contributed by atoms with E-state index in [1.54, 1.807) is 12.1 Å². The molecule has 0 fully saturated rings. The zero-order chi connectivity index (χ0) is 15.4. The second kappa shape index (κ2) is 7.20. The van der Waals surface area contributed by atoms with E-state index in [1.807, 2.05) is 26.0 Å². The van der Waals surface area contributed by atoms with E-state index in [2.05, 4.69) is 21.2 Å². The summed E-state index contributed by atoms with van der Waals surface area (Å²) in [4.78, 5) is 0. The van der Waals surface area contributed by atoms with Gasteiger partial charge in [0.05, 0.1) is 12.1 Å². The molecule has 114 valence electrons. The number of aliphatic hydroxyl groups is 1. The molecule has 5 heteroatoms. The van der Waals surface area contributed by atoms with Gasteiger partial charge in [0.1, 0.15) is 11.6 Å². The molecule has 0 radical (unpaired) electrons. The SMILES string of the molecule is C[C@H](C[C@H](O)c1ccc(F)cc1)N[C@H](C)c1ccc(Br)o1. The van der Waals surface area contributed by atoms with Crippen LogP contribution in [0.25, 0.3) is 0 Å². The Morgan fingerprint density at radius 3 is 2.43 bits per heavy atom. The normalized spacial score (nSPS) is 15.7. The number of halogens is 2. The zero-order valence-corrected chi connectivity index (χ0v) is 13.6. The lowest BCUT2D eigenvalue weighted by Gasteiger charge is -2.21. The lowest BCUT2D eigenvalue weighted by atomic mass is 10.0. The van der Waals surface area contributed by atoms with Crippen molar-refractivity contribution in [2.24, 2.45) is 0 Å². The van der Waals surface area contributed by atoms with Crippen LogP contribution in [-0.4, -0.2) is 11.1 Å². The van der Waals surface area contributed by atoms with Crippen molar-refractivity contribution >= 4 is 15.9 Å². The Hall–Kier alpha value is -1.17. The average Bonchev–Trinajstić information content (AvgIpc) is 2.86. The van der Waals surface area contributed by atoms with E-state index in [-0.39, 0.29) is 17.9 Å². The van der Waals surface area contributed by atoms with Gasteiger partial charge in [0.15, 0.2) is 4.67 Å². The van der Waals surface area contributed by atoms with E-state index in [1.165, 1.54) is 12.1 Å². The number of aliphatic hydroxyl groups excluding tert-OH is 1. The van der Waals surface area contributed by atoms with Crippen LogP contribution in [0.15, 0.2) is 45.5 Å². The van der Waals surface area contributed by atoms with Gasteiger partial charge in [-0.25, -0.2) is 4.39 Å². The van der Waals surface area contributed by atoms with Gasteiger partial charge in [0.2, 0.25) is 0 Å². The van der Waals surface area contributed by atoms with Crippen molar-refractivity contribution in [3.05, 3.63) is 58.2 Å². The van der Waals surface area contributed by atoms with Gasteiger partial charge in [0.25, 0.3) is 0 Å². The molecule has 0 unspecified atom stereocenters. The highest BCUT2D eigenvalue weighted by molar-refractivity contribution is 9.10. The van der Waals surface area contributed by atoms with E-state index in [9.17, 15) is 9.50 Å². The lowest BCUT2D eigenvalue weighted by Crippen LogP contribution is -2.30. The minimum absolute atomic E-state index is 0.0479. The maximum atomic E-state index is 12.9. The van der Waals surface area contributed by atoms with Crippen molar-refractivity contribution in [1.29, 1.82) is 0 Å². The maximum absolute atomic E-state index is 12.9. The maximum Gasteiger partial charge on any atom is 0.169 e. The van der Waals surface area contributed by atoms with Gasteiger partial charge >= 0.3 is 0 Å². The number of hydrogen-bond donors (Lipinski definition) is 2. The van der Waals surface area contributed by atoms with Crippen LogP contribution < -0.4 is 5.32 Å². The molecular formula is C16H19BrFNO2. The largest absolute Gasteiger partial charge is 0.453 e. The number of benzene rings is 1. The van der Waals surface area contributed by atoms with Gasteiger partial charge < -0.3 is 14.8 Å². The molecule has 0 saturated carbocycles. The molecule has 1 aromatic heterocycles. The Bertz CT molecular complexity index is 570. The van der Waals surface area contributed by atoms with Crippen LogP contribution in [0.4, 0.5) is 4.39 Å². The summed E-state index contributed by atoms with van der Waals surface area (Å²) in [6, 6.07) is 9.84. The molecule has 2 N–H and O–H groups in total. The van der Waals surface area contributed by atoms with Crippen LogP contribution >= 0.6 is 15.9 Å². The Labute approximate surface area is 132 Å². The lowest BCUT2D eigenvalue weighted by molar-refractivity contribution is 0.151. The molecule has 1 heterocycles. The minimum atomic E-state index is -0.622. The second-order valence-electron chi connectivity index (χ2n) is 5.23. The van der Waals surface area contributed by atoms with Gasteiger partial charge in [-0.1, -0.05) is 12.1 Å². The van der Waals surface area contributed by atoms with Crippen LogP contribution in [0, 0.1) is 5.82 Å². The highest BCUT2D eigenvalue weighted by Crippen LogP contribution is 2.23. The first-order chi connectivity index (χ1) is 9.95. The predicted molar refractivity (Wildman–Crippen MR) is 83.4 cm³/mol. The first-order valence-corrected chi connectivity index (χ1v) is 7.70. The van der Waals surface area contributed by atoms with E-state index in [0.717, 1.165) is 11.3 Å². The van der Waals surface area contributed by atoms with Crippen molar-refractivity contribution in [2.45, 2.75) is 38.5 Å². The van der Waals surface area contributed by atoms with E-state index >= 15 is 0 Å². The smallest absolute Gasteiger partial charge is 0.169 e. The third-order valence-corrected chi connectivity index (χ3v) is 3.81. The quantitative estimate of drug-likeness (QED) is 0.809. The molecule has 0 saturated heterocycles. The summed E-state index contributed by atoms with van der Waals surface area (Å²) >= 11 is 3.28. The van der Waals surface area contributed by atoms with Gasteiger partial charge in [-0.05, 0) is 66.0 Å². The standard InChI is InChI=1S/C16H19BrFNO2/c1-10(19-11(2)15-7-8-16(17)21-15)9-14(20)12-3-5-13(18)6-4-12/h3-8,10-11,14,19-20H,9H2,1-2H3/t10-,11-,14+/m1/s1. The fourth-order valence-corrected chi connectivity index (χ4v) is 2.61. The third kappa shape index (κ3) is 4.66. The van der Waals surface area contributed by atoms with E-state index in [4.69, 9.17) is 4.42 Å². The first kappa shape index (κ1) is 16.2. The summed E-state index contributed by atoms with van der Waals surface area (Å²) < 4.78 is 19.1. The highest BCUT2D eigenvalue weighted by atomic mass is 79.9. The Morgan fingerprint density at radius 1 is 1.19 bits per heavy atom. The van der Waals surface area contributed by atoms with Crippen LogP contribution in [0.5, 0.6) is 0 Å². The van der Waals surface area contributed by atoms with Crippen LogP contribution in [-0.2, 0) is 0 Å². The summed E-state index contributed by atoms with van der Waals surface area (Å²) in [5.74, 6) is 0.541. The molecule has 21 heavy (non-hydrogen) atoms. The molecular weight excluding hydrogens is 337 g/mol. The van der Waals surface area contributed by atoms with Crippen LogP contribution in [0.1, 0.15) is 43.7 Å². The van der Waals surface area contributed by atoms with Gasteiger partial charge in [-0.15, -0.1) is 0 Å². The molecule has 3 nitrogen and oxygen atoms in total. The van der Waals surface area contributed by atoms with Gasteiger partial charge in [-0.2, -0.15) is 0 Å². The summed E-state index contributed by atoms with van der Waals surface area (Å²) in [5, 5.41) is 13.5. The molecule has 3 atom stereocenters.